The van der Waals surface area contributed by atoms with Gasteiger partial charge in [0.15, 0.2) is 0 Å². The molecule has 4 rings (SSSR count). The van der Waals surface area contributed by atoms with E-state index in [2.05, 4.69) is 5.32 Å². The molecule has 1 N–H and O–H groups in total. The molecule has 10 heteroatoms. The summed E-state index contributed by atoms with van der Waals surface area (Å²) in [6, 6.07) is 17.3. The van der Waals surface area contributed by atoms with Crippen LogP contribution >= 0.6 is 11.3 Å². The van der Waals surface area contributed by atoms with Crippen molar-refractivity contribution in [2.24, 2.45) is 0 Å². The average Bonchev–Trinajstić information content (AvgIpc) is 3.13. The standard InChI is InChI=1S/C25H24FN3O4S2/c1-16(2)29-22-13-10-19(14-23(22)34-25(29)31)27-24(30)17-8-11-20(12-9-17)28(35(3,32)33)15-18-6-4-5-7-21(18)26/h4-14,16H,15H2,1-3H3,(H,27,30). The first-order valence-corrected chi connectivity index (χ1v) is 13.5. The number of hydrogen-bond donors (Lipinski definition) is 1. The van der Waals surface area contributed by atoms with Crippen molar-refractivity contribution in [1.82, 2.24) is 4.57 Å². The van der Waals surface area contributed by atoms with Gasteiger partial charge in [0, 0.05) is 22.9 Å². The lowest BCUT2D eigenvalue weighted by molar-refractivity contribution is 0.102. The van der Waals surface area contributed by atoms with Gasteiger partial charge in [-0.25, -0.2) is 12.8 Å². The number of anilines is 2. The third-order valence-corrected chi connectivity index (χ3v) is 7.54. The first kappa shape index (κ1) is 24.6. The van der Waals surface area contributed by atoms with E-state index >= 15 is 0 Å². The summed E-state index contributed by atoms with van der Waals surface area (Å²) in [5, 5.41) is 2.81. The van der Waals surface area contributed by atoms with Gasteiger partial charge in [-0.05, 0) is 62.4 Å². The predicted octanol–water partition coefficient (Wildman–Crippen LogP) is 5.00. The fourth-order valence-corrected chi connectivity index (χ4v) is 5.70. The van der Waals surface area contributed by atoms with Gasteiger partial charge in [-0.1, -0.05) is 29.5 Å². The molecule has 1 amide bonds. The molecule has 0 fully saturated rings. The van der Waals surface area contributed by atoms with Gasteiger partial charge < -0.3 is 5.32 Å². The average molecular weight is 514 g/mol. The number of sulfonamides is 1. The summed E-state index contributed by atoms with van der Waals surface area (Å²) in [5.74, 6) is -0.880. The lowest BCUT2D eigenvalue weighted by Crippen LogP contribution is -2.29. The number of benzene rings is 3. The molecule has 182 valence electrons. The Balaban J connectivity index is 1.55. The van der Waals surface area contributed by atoms with Crippen molar-refractivity contribution in [3.63, 3.8) is 0 Å². The summed E-state index contributed by atoms with van der Waals surface area (Å²) in [6.07, 6.45) is 1.05. The normalized spacial score (nSPS) is 11.7. The van der Waals surface area contributed by atoms with E-state index in [-0.39, 0.29) is 28.9 Å². The summed E-state index contributed by atoms with van der Waals surface area (Å²) in [5.41, 5.74) is 2.23. The Kier molecular flexibility index (Phi) is 6.77. The number of carbonyl (C=O) groups is 1. The highest BCUT2D eigenvalue weighted by Gasteiger charge is 2.20. The van der Waals surface area contributed by atoms with Crippen molar-refractivity contribution in [3.8, 4) is 0 Å². The van der Waals surface area contributed by atoms with E-state index < -0.39 is 15.8 Å². The van der Waals surface area contributed by atoms with Crippen molar-refractivity contribution in [1.29, 1.82) is 0 Å². The summed E-state index contributed by atoms with van der Waals surface area (Å²) in [7, 11) is -3.70. The van der Waals surface area contributed by atoms with Crippen molar-refractivity contribution in [2.45, 2.75) is 26.4 Å². The van der Waals surface area contributed by atoms with Crippen LogP contribution in [-0.4, -0.2) is 25.1 Å². The maximum absolute atomic E-state index is 14.1. The summed E-state index contributed by atoms with van der Waals surface area (Å²) < 4.78 is 42.4. The zero-order chi connectivity index (χ0) is 25.3. The molecule has 0 saturated carbocycles. The minimum Gasteiger partial charge on any atom is -0.322 e. The summed E-state index contributed by atoms with van der Waals surface area (Å²) in [4.78, 5) is 25.0. The Labute approximate surface area is 206 Å². The second-order valence-electron chi connectivity index (χ2n) is 8.38. The van der Waals surface area contributed by atoms with Gasteiger partial charge in [0.25, 0.3) is 5.91 Å². The number of rotatable bonds is 7. The Hall–Kier alpha value is -3.50. The van der Waals surface area contributed by atoms with E-state index in [1.807, 2.05) is 13.8 Å². The molecule has 0 spiro atoms. The van der Waals surface area contributed by atoms with Gasteiger partial charge in [0.05, 0.1) is 28.7 Å². The van der Waals surface area contributed by atoms with Gasteiger partial charge in [-0.2, -0.15) is 0 Å². The molecular weight excluding hydrogens is 489 g/mol. The van der Waals surface area contributed by atoms with Crippen LogP contribution in [0.1, 0.15) is 35.8 Å². The number of fused-ring (bicyclic) bond motifs is 1. The fourth-order valence-electron chi connectivity index (χ4n) is 3.77. The largest absolute Gasteiger partial charge is 0.322 e. The highest BCUT2D eigenvalue weighted by Crippen LogP contribution is 2.26. The summed E-state index contributed by atoms with van der Waals surface area (Å²) >= 11 is 1.12. The Morgan fingerprint density at radius 3 is 2.40 bits per heavy atom. The molecule has 0 atom stereocenters. The molecule has 0 unspecified atom stereocenters. The second-order valence-corrected chi connectivity index (χ2v) is 11.3. The Morgan fingerprint density at radius 2 is 1.77 bits per heavy atom. The molecule has 0 bridgehead atoms. The van der Waals surface area contributed by atoms with Crippen LogP contribution in [0, 0.1) is 5.82 Å². The van der Waals surface area contributed by atoms with Gasteiger partial charge >= 0.3 is 4.87 Å². The molecular formula is C25H24FN3O4S2. The lowest BCUT2D eigenvalue weighted by Gasteiger charge is -2.23. The molecule has 0 saturated heterocycles. The van der Waals surface area contributed by atoms with Crippen LogP contribution in [0.25, 0.3) is 10.2 Å². The van der Waals surface area contributed by atoms with Crippen LogP contribution in [0.3, 0.4) is 0 Å². The number of halogens is 1. The predicted molar refractivity (Wildman–Crippen MR) is 138 cm³/mol. The quantitative estimate of drug-likeness (QED) is 0.377. The number of thiazole rings is 1. The summed E-state index contributed by atoms with van der Waals surface area (Å²) in [6.45, 7) is 3.71. The minimum atomic E-state index is -3.70. The third kappa shape index (κ3) is 5.28. The molecule has 7 nitrogen and oxygen atoms in total. The van der Waals surface area contributed by atoms with Gasteiger partial charge in [0.1, 0.15) is 5.82 Å². The number of carbonyl (C=O) groups excluding carboxylic acids is 1. The van der Waals surface area contributed by atoms with Crippen molar-refractivity contribution in [2.75, 3.05) is 15.9 Å². The number of aromatic nitrogens is 1. The van der Waals surface area contributed by atoms with Crippen LogP contribution in [-0.2, 0) is 16.6 Å². The van der Waals surface area contributed by atoms with E-state index in [0.29, 0.717) is 16.9 Å². The fraction of sp³-hybridized carbons (Fsp3) is 0.200. The van der Waals surface area contributed by atoms with Crippen LogP contribution in [0.2, 0.25) is 0 Å². The molecule has 1 aromatic heterocycles. The number of hydrogen-bond acceptors (Lipinski definition) is 5. The highest BCUT2D eigenvalue weighted by molar-refractivity contribution is 7.92. The molecule has 0 aliphatic heterocycles. The van der Waals surface area contributed by atoms with Crippen LogP contribution in [0.15, 0.2) is 71.5 Å². The van der Waals surface area contributed by atoms with E-state index in [0.717, 1.165) is 32.1 Å². The van der Waals surface area contributed by atoms with E-state index in [1.165, 1.54) is 42.5 Å². The first-order valence-electron chi connectivity index (χ1n) is 10.8. The lowest BCUT2D eigenvalue weighted by atomic mass is 10.1. The van der Waals surface area contributed by atoms with Gasteiger partial charge in [-0.15, -0.1) is 0 Å². The zero-order valence-electron chi connectivity index (χ0n) is 19.4. The minimum absolute atomic E-state index is 0.0279. The topological polar surface area (TPSA) is 88.5 Å². The molecule has 0 aliphatic carbocycles. The van der Waals surface area contributed by atoms with Crippen molar-refractivity contribution in [3.05, 3.63) is 93.3 Å². The first-order chi connectivity index (χ1) is 16.5. The number of nitrogens with one attached hydrogen (secondary N) is 1. The molecule has 35 heavy (non-hydrogen) atoms. The second kappa shape index (κ2) is 9.63. The maximum atomic E-state index is 14.1. The SMILES string of the molecule is CC(C)n1c(=O)sc2cc(NC(=O)c3ccc(N(Cc4ccccc4F)S(C)(=O)=O)cc3)ccc21. The van der Waals surface area contributed by atoms with E-state index in [1.54, 1.807) is 28.8 Å². The highest BCUT2D eigenvalue weighted by atomic mass is 32.2. The third-order valence-electron chi connectivity index (χ3n) is 5.48. The Bertz CT molecular complexity index is 1560. The molecule has 3 aromatic carbocycles. The van der Waals surface area contributed by atoms with Gasteiger partial charge in [-0.3, -0.25) is 18.5 Å². The number of nitrogens with zero attached hydrogens (tertiary/aromatic N) is 2. The Morgan fingerprint density at radius 1 is 1.09 bits per heavy atom. The monoisotopic (exact) mass is 513 g/mol. The molecule has 1 heterocycles. The maximum Gasteiger partial charge on any atom is 0.308 e. The molecule has 0 aliphatic rings. The van der Waals surface area contributed by atoms with E-state index in [9.17, 15) is 22.4 Å². The van der Waals surface area contributed by atoms with Crippen LogP contribution in [0.4, 0.5) is 15.8 Å². The van der Waals surface area contributed by atoms with Crippen molar-refractivity contribution < 1.29 is 17.6 Å². The molecule has 4 aromatic rings. The van der Waals surface area contributed by atoms with Crippen LogP contribution < -0.4 is 14.5 Å². The zero-order valence-corrected chi connectivity index (χ0v) is 21.0. The van der Waals surface area contributed by atoms with Crippen molar-refractivity contribution >= 4 is 48.9 Å². The van der Waals surface area contributed by atoms with Gasteiger partial charge in [0.2, 0.25) is 10.0 Å². The molecule has 0 radical (unpaired) electrons. The van der Waals surface area contributed by atoms with E-state index in [4.69, 9.17) is 0 Å². The van der Waals surface area contributed by atoms with Crippen LogP contribution in [0.5, 0.6) is 0 Å². The smallest absolute Gasteiger partial charge is 0.308 e. The number of amides is 1.